The van der Waals surface area contributed by atoms with Gasteiger partial charge in [0.05, 0.1) is 5.56 Å². The van der Waals surface area contributed by atoms with Crippen LogP contribution in [0.2, 0.25) is 0 Å². The average Bonchev–Trinajstić information content (AvgIpc) is 2.63. The van der Waals surface area contributed by atoms with E-state index in [0.29, 0.717) is 6.54 Å². The Labute approximate surface area is 116 Å². The summed E-state index contributed by atoms with van der Waals surface area (Å²) in [5.41, 5.74) is -1.27. The van der Waals surface area contributed by atoms with Gasteiger partial charge in [0.1, 0.15) is 0 Å². The first-order chi connectivity index (χ1) is 9.05. The van der Waals surface area contributed by atoms with Crippen LogP contribution in [-0.4, -0.2) is 22.2 Å². The van der Waals surface area contributed by atoms with Crippen LogP contribution in [0.1, 0.15) is 55.5 Å². The van der Waals surface area contributed by atoms with E-state index in [1.807, 2.05) is 13.8 Å². The van der Waals surface area contributed by atoms with Crippen LogP contribution < -0.4 is 5.32 Å². The molecule has 0 atom stereocenters. The van der Waals surface area contributed by atoms with E-state index in [-0.39, 0.29) is 23.2 Å². The number of hydrogen-bond donors (Lipinski definition) is 1. The van der Waals surface area contributed by atoms with Crippen LogP contribution in [0.15, 0.2) is 0 Å². The minimum atomic E-state index is -4.64. The number of carbonyl (C=O) groups is 1. The molecule has 1 aromatic heterocycles. The van der Waals surface area contributed by atoms with Crippen LogP contribution in [0, 0.1) is 12.8 Å². The van der Waals surface area contributed by atoms with Gasteiger partial charge < -0.3 is 5.32 Å². The summed E-state index contributed by atoms with van der Waals surface area (Å²) in [7, 11) is 0. The highest BCUT2D eigenvalue weighted by atomic mass is 19.4. The molecular weight excluding hydrogens is 271 g/mol. The number of nitrogens with one attached hydrogen (secondary N) is 1. The third-order valence-electron chi connectivity index (χ3n) is 2.81. The summed E-state index contributed by atoms with van der Waals surface area (Å²) < 4.78 is 40.3. The number of halogens is 3. The molecule has 0 aliphatic heterocycles. The molecule has 0 saturated carbocycles. The third kappa shape index (κ3) is 3.52. The lowest BCUT2D eigenvalue weighted by molar-refractivity contribution is -0.141. The molecule has 0 bridgehead atoms. The van der Waals surface area contributed by atoms with E-state index >= 15 is 0 Å². The van der Waals surface area contributed by atoms with Gasteiger partial charge in [0.25, 0.3) is 5.91 Å². The van der Waals surface area contributed by atoms with Gasteiger partial charge in [0, 0.05) is 18.3 Å². The quantitative estimate of drug-likeness (QED) is 0.926. The topological polar surface area (TPSA) is 46.9 Å². The minimum Gasteiger partial charge on any atom is -0.352 e. The summed E-state index contributed by atoms with van der Waals surface area (Å²) in [5, 5.41) is 6.07. The van der Waals surface area contributed by atoms with Gasteiger partial charge in [-0.25, -0.2) is 0 Å². The smallest absolute Gasteiger partial charge is 0.352 e. The summed E-state index contributed by atoms with van der Waals surface area (Å²) in [6, 6.07) is -0.247. The van der Waals surface area contributed by atoms with Gasteiger partial charge in [-0.15, -0.1) is 0 Å². The molecule has 0 saturated heterocycles. The molecule has 114 valence electrons. The SMILES string of the molecule is Cc1c(C(=O)NCC(C)C)c(C(F)(F)F)nn1C(C)C. The standard InChI is InChI=1S/C13H20F3N3O/c1-7(2)6-17-12(20)10-9(5)19(8(3)4)18-11(10)13(14,15)16/h7-8H,6H2,1-5H3,(H,17,20). The zero-order valence-electron chi connectivity index (χ0n) is 12.3. The Morgan fingerprint density at radius 3 is 2.25 bits per heavy atom. The lowest BCUT2D eigenvalue weighted by atomic mass is 10.1. The van der Waals surface area contributed by atoms with Crippen molar-refractivity contribution in [2.75, 3.05) is 6.54 Å². The summed E-state index contributed by atoms with van der Waals surface area (Å²) in [6.07, 6.45) is -4.64. The van der Waals surface area contributed by atoms with Crippen LogP contribution in [0.5, 0.6) is 0 Å². The van der Waals surface area contributed by atoms with Gasteiger partial charge in [-0.05, 0) is 26.7 Å². The Hall–Kier alpha value is -1.53. The second kappa shape index (κ2) is 5.85. The monoisotopic (exact) mass is 291 g/mol. The van der Waals surface area contributed by atoms with Crippen molar-refractivity contribution in [3.63, 3.8) is 0 Å². The van der Waals surface area contributed by atoms with Gasteiger partial charge in [0.15, 0.2) is 5.69 Å². The molecule has 0 aromatic carbocycles. The molecular formula is C13H20F3N3O. The normalized spacial score (nSPS) is 12.3. The van der Waals surface area contributed by atoms with Crippen molar-refractivity contribution in [2.45, 2.75) is 46.8 Å². The van der Waals surface area contributed by atoms with Gasteiger partial charge >= 0.3 is 6.18 Å². The Morgan fingerprint density at radius 1 is 1.30 bits per heavy atom. The Kier molecular flexibility index (Phi) is 4.83. The van der Waals surface area contributed by atoms with Crippen LogP contribution in [0.4, 0.5) is 13.2 Å². The number of carbonyl (C=O) groups excluding carboxylic acids is 1. The molecule has 1 heterocycles. The highest BCUT2D eigenvalue weighted by molar-refractivity contribution is 5.96. The number of hydrogen-bond acceptors (Lipinski definition) is 2. The third-order valence-corrected chi connectivity index (χ3v) is 2.81. The first kappa shape index (κ1) is 16.5. The van der Waals surface area contributed by atoms with Crippen molar-refractivity contribution in [3.05, 3.63) is 17.0 Å². The van der Waals surface area contributed by atoms with E-state index in [1.165, 1.54) is 11.6 Å². The van der Waals surface area contributed by atoms with Crippen LogP contribution in [-0.2, 0) is 6.18 Å². The summed E-state index contributed by atoms with van der Waals surface area (Å²) in [4.78, 5) is 12.0. The van der Waals surface area contributed by atoms with E-state index < -0.39 is 17.8 Å². The maximum absolute atomic E-state index is 13.0. The largest absolute Gasteiger partial charge is 0.435 e. The first-order valence-electron chi connectivity index (χ1n) is 6.50. The molecule has 4 nitrogen and oxygen atoms in total. The fourth-order valence-corrected chi connectivity index (χ4v) is 1.88. The van der Waals surface area contributed by atoms with Gasteiger partial charge in [-0.3, -0.25) is 9.48 Å². The second-order valence-corrected chi connectivity index (χ2v) is 5.45. The van der Waals surface area contributed by atoms with Crippen molar-refractivity contribution in [3.8, 4) is 0 Å². The molecule has 1 aromatic rings. The summed E-state index contributed by atoms with van der Waals surface area (Å²) in [6.45, 7) is 8.98. The Morgan fingerprint density at radius 2 is 1.85 bits per heavy atom. The molecule has 0 fully saturated rings. The van der Waals surface area contributed by atoms with E-state index in [4.69, 9.17) is 0 Å². The zero-order chi connectivity index (χ0) is 15.7. The van der Waals surface area contributed by atoms with Crippen molar-refractivity contribution in [2.24, 2.45) is 5.92 Å². The zero-order valence-corrected chi connectivity index (χ0v) is 12.3. The molecule has 7 heteroatoms. The van der Waals surface area contributed by atoms with Crippen molar-refractivity contribution < 1.29 is 18.0 Å². The average molecular weight is 291 g/mol. The number of alkyl halides is 3. The highest BCUT2D eigenvalue weighted by Gasteiger charge is 2.40. The van der Waals surface area contributed by atoms with Crippen molar-refractivity contribution in [1.29, 1.82) is 0 Å². The maximum atomic E-state index is 13.0. The van der Waals surface area contributed by atoms with Gasteiger partial charge in [-0.1, -0.05) is 13.8 Å². The highest BCUT2D eigenvalue weighted by Crippen LogP contribution is 2.33. The molecule has 1 rings (SSSR count). The number of rotatable bonds is 4. The molecule has 0 aliphatic rings. The van der Waals surface area contributed by atoms with E-state index in [2.05, 4.69) is 10.4 Å². The number of amides is 1. The predicted molar refractivity (Wildman–Crippen MR) is 69.5 cm³/mol. The lowest BCUT2D eigenvalue weighted by Crippen LogP contribution is -2.29. The van der Waals surface area contributed by atoms with Crippen LogP contribution in [0.3, 0.4) is 0 Å². The minimum absolute atomic E-state index is 0.161. The predicted octanol–water partition coefficient (Wildman–Crippen LogP) is 3.18. The molecule has 0 spiro atoms. The lowest BCUT2D eigenvalue weighted by Gasteiger charge is -2.10. The molecule has 1 amide bonds. The fraction of sp³-hybridized carbons (Fsp3) is 0.692. The van der Waals surface area contributed by atoms with Crippen LogP contribution in [0.25, 0.3) is 0 Å². The van der Waals surface area contributed by atoms with E-state index in [0.717, 1.165) is 0 Å². The summed E-state index contributed by atoms with van der Waals surface area (Å²) in [5.74, 6) is -0.566. The Bertz CT molecular complexity index is 490. The maximum Gasteiger partial charge on any atom is 0.435 e. The van der Waals surface area contributed by atoms with Crippen LogP contribution >= 0.6 is 0 Å². The van der Waals surface area contributed by atoms with E-state index in [1.54, 1.807) is 13.8 Å². The fourth-order valence-electron chi connectivity index (χ4n) is 1.88. The molecule has 0 radical (unpaired) electrons. The number of aromatic nitrogens is 2. The Balaban J connectivity index is 3.25. The molecule has 1 N–H and O–H groups in total. The van der Waals surface area contributed by atoms with E-state index in [9.17, 15) is 18.0 Å². The second-order valence-electron chi connectivity index (χ2n) is 5.45. The molecule has 0 aliphatic carbocycles. The summed E-state index contributed by atoms with van der Waals surface area (Å²) >= 11 is 0. The number of nitrogens with zero attached hydrogens (tertiary/aromatic N) is 2. The van der Waals surface area contributed by atoms with Crippen molar-refractivity contribution in [1.82, 2.24) is 15.1 Å². The van der Waals surface area contributed by atoms with Crippen molar-refractivity contribution >= 4 is 5.91 Å². The van der Waals surface area contributed by atoms with Gasteiger partial charge in [0.2, 0.25) is 0 Å². The molecule has 0 unspecified atom stereocenters. The molecule has 20 heavy (non-hydrogen) atoms. The van der Waals surface area contributed by atoms with Gasteiger partial charge in [-0.2, -0.15) is 18.3 Å². The first-order valence-corrected chi connectivity index (χ1v) is 6.50.